The number of hydrogen-bond donors (Lipinski definition) is 1. The third-order valence-corrected chi connectivity index (χ3v) is 6.05. The highest BCUT2D eigenvalue weighted by atomic mass is 35.5. The molecule has 7 heteroatoms. The van der Waals surface area contributed by atoms with Crippen molar-refractivity contribution in [1.29, 1.82) is 0 Å². The lowest BCUT2D eigenvalue weighted by Crippen LogP contribution is -2.03. The van der Waals surface area contributed by atoms with Gasteiger partial charge in [0.05, 0.1) is 6.33 Å². The number of benzene rings is 1. The van der Waals surface area contributed by atoms with Crippen LogP contribution >= 0.6 is 35.0 Å². The number of aromatic nitrogens is 4. The Balaban J connectivity index is 1.71. The Morgan fingerprint density at radius 2 is 1.95 bits per heavy atom. The van der Waals surface area contributed by atoms with Crippen molar-refractivity contribution < 1.29 is 0 Å². The van der Waals surface area contributed by atoms with Gasteiger partial charge >= 0.3 is 0 Å². The fraction of sp³-hybridized carbons (Fsp3) is 0.267. The maximum absolute atomic E-state index is 6.31. The van der Waals surface area contributed by atoms with Gasteiger partial charge in [0.25, 0.3) is 0 Å². The average molecular weight is 351 g/mol. The second-order valence-corrected chi connectivity index (χ2v) is 7.97. The molecule has 1 fully saturated rings. The number of thioether (sulfide) groups is 1. The summed E-state index contributed by atoms with van der Waals surface area (Å²) in [5.74, 6) is 0.205. The largest absolute Gasteiger partial charge is 0.341 e. The summed E-state index contributed by atoms with van der Waals surface area (Å²) in [4.78, 5) is 15.8. The van der Waals surface area contributed by atoms with Crippen molar-refractivity contribution in [1.82, 2.24) is 19.9 Å². The standard InChI is InChI=1S/C15H12Cl2N4S/c16-15(17)6-10(15)12(9-4-2-1-3-5-9)22-14-11-13(19-7-18-11)20-8-21-14/h1-5,7-8,10,12H,6H2,(H,18,19,20,21). The van der Waals surface area contributed by atoms with Gasteiger partial charge in [0, 0.05) is 11.2 Å². The van der Waals surface area contributed by atoms with E-state index in [9.17, 15) is 0 Å². The molecule has 0 radical (unpaired) electrons. The van der Waals surface area contributed by atoms with Crippen LogP contribution in [-0.4, -0.2) is 24.3 Å². The topological polar surface area (TPSA) is 54.5 Å². The van der Waals surface area contributed by atoms with Crippen molar-refractivity contribution in [2.75, 3.05) is 0 Å². The van der Waals surface area contributed by atoms with E-state index in [2.05, 4.69) is 32.1 Å². The van der Waals surface area contributed by atoms with E-state index >= 15 is 0 Å². The minimum Gasteiger partial charge on any atom is -0.341 e. The van der Waals surface area contributed by atoms with Crippen LogP contribution in [0.15, 0.2) is 48.0 Å². The van der Waals surface area contributed by atoms with Crippen LogP contribution in [0.1, 0.15) is 17.2 Å². The molecule has 0 aliphatic heterocycles. The second-order valence-electron chi connectivity index (χ2n) is 5.30. The van der Waals surface area contributed by atoms with Crippen molar-refractivity contribution in [3.05, 3.63) is 48.5 Å². The number of halogens is 2. The number of rotatable bonds is 4. The quantitative estimate of drug-likeness (QED) is 0.431. The van der Waals surface area contributed by atoms with E-state index in [1.807, 2.05) is 18.2 Å². The van der Waals surface area contributed by atoms with Crippen LogP contribution < -0.4 is 0 Å². The number of H-pyrrole nitrogens is 1. The number of nitrogens with one attached hydrogen (secondary N) is 1. The van der Waals surface area contributed by atoms with Crippen molar-refractivity contribution in [3.63, 3.8) is 0 Å². The first kappa shape index (κ1) is 14.3. The molecule has 2 heterocycles. The van der Waals surface area contributed by atoms with E-state index in [-0.39, 0.29) is 11.2 Å². The Kier molecular flexibility index (Phi) is 3.51. The van der Waals surface area contributed by atoms with Crippen LogP contribution in [0.3, 0.4) is 0 Å². The number of alkyl halides is 2. The van der Waals surface area contributed by atoms with Crippen molar-refractivity contribution in [2.45, 2.75) is 21.0 Å². The minimum absolute atomic E-state index is 0.151. The predicted molar refractivity (Wildman–Crippen MR) is 89.3 cm³/mol. The van der Waals surface area contributed by atoms with Gasteiger partial charge in [-0.05, 0) is 12.0 Å². The fourth-order valence-corrected chi connectivity index (χ4v) is 4.68. The van der Waals surface area contributed by atoms with Gasteiger partial charge in [-0.2, -0.15) is 0 Å². The van der Waals surface area contributed by atoms with Gasteiger partial charge < -0.3 is 4.98 Å². The maximum atomic E-state index is 6.31. The number of fused-ring (bicyclic) bond motifs is 1. The number of imidazole rings is 1. The van der Waals surface area contributed by atoms with Crippen LogP contribution in [-0.2, 0) is 0 Å². The fourth-order valence-electron chi connectivity index (χ4n) is 2.54. The zero-order chi connectivity index (χ0) is 15.2. The first-order valence-electron chi connectivity index (χ1n) is 6.89. The highest BCUT2D eigenvalue weighted by molar-refractivity contribution is 7.99. The molecule has 3 aromatic rings. The molecule has 1 N–H and O–H groups in total. The Morgan fingerprint density at radius 1 is 1.18 bits per heavy atom. The monoisotopic (exact) mass is 350 g/mol. The van der Waals surface area contributed by atoms with Gasteiger partial charge in [0.15, 0.2) is 5.65 Å². The van der Waals surface area contributed by atoms with E-state index in [0.717, 1.165) is 17.0 Å². The molecular formula is C15H12Cl2N4S. The summed E-state index contributed by atoms with van der Waals surface area (Å²) in [6.07, 6.45) is 3.96. The van der Waals surface area contributed by atoms with Gasteiger partial charge in [-0.15, -0.1) is 23.2 Å². The predicted octanol–water partition coefficient (Wildman–Crippen LogP) is 4.38. The van der Waals surface area contributed by atoms with Crippen LogP contribution in [0.5, 0.6) is 0 Å². The summed E-state index contributed by atoms with van der Waals surface area (Å²) in [6, 6.07) is 10.3. The van der Waals surface area contributed by atoms with E-state index in [4.69, 9.17) is 23.2 Å². The van der Waals surface area contributed by atoms with Crippen molar-refractivity contribution in [3.8, 4) is 0 Å². The third-order valence-electron chi connectivity index (χ3n) is 3.79. The van der Waals surface area contributed by atoms with Gasteiger partial charge in [0.1, 0.15) is 21.2 Å². The van der Waals surface area contributed by atoms with Gasteiger partial charge in [-0.3, -0.25) is 0 Å². The highest BCUT2D eigenvalue weighted by Gasteiger charge is 2.56. The molecule has 4 rings (SSSR count). The zero-order valence-corrected chi connectivity index (χ0v) is 13.7. The van der Waals surface area contributed by atoms with Crippen LogP contribution in [0, 0.1) is 5.92 Å². The molecule has 1 aromatic carbocycles. The van der Waals surface area contributed by atoms with Gasteiger partial charge in [-0.25, -0.2) is 15.0 Å². The summed E-state index contributed by atoms with van der Waals surface area (Å²) in [5.41, 5.74) is 2.72. The molecule has 0 bridgehead atoms. The molecule has 1 aliphatic carbocycles. The molecule has 112 valence electrons. The normalized spacial score (nSPS) is 20.9. The van der Waals surface area contributed by atoms with Crippen LogP contribution in [0.25, 0.3) is 11.2 Å². The Morgan fingerprint density at radius 3 is 2.68 bits per heavy atom. The highest BCUT2D eigenvalue weighted by Crippen LogP contribution is 2.63. The number of nitrogens with zero attached hydrogens (tertiary/aromatic N) is 3. The molecule has 2 unspecified atom stereocenters. The summed E-state index contributed by atoms with van der Waals surface area (Å²) in [6.45, 7) is 0. The van der Waals surface area contributed by atoms with E-state index in [0.29, 0.717) is 5.65 Å². The van der Waals surface area contributed by atoms with E-state index in [1.165, 1.54) is 11.9 Å². The third kappa shape index (κ3) is 2.57. The average Bonchev–Trinajstić information content (AvgIpc) is 2.95. The lowest BCUT2D eigenvalue weighted by molar-refractivity contribution is 0.794. The number of aromatic amines is 1. The molecular weight excluding hydrogens is 339 g/mol. The van der Waals surface area contributed by atoms with Crippen LogP contribution in [0.2, 0.25) is 0 Å². The molecule has 2 atom stereocenters. The lowest BCUT2D eigenvalue weighted by Gasteiger charge is -2.17. The molecule has 0 spiro atoms. The lowest BCUT2D eigenvalue weighted by atomic mass is 10.1. The smallest absolute Gasteiger partial charge is 0.181 e. The second kappa shape index (κ2) is 5.41. The molecule has 4 nitrogen and oxygen atoms in total. The van der Waals surface area contributed by atoms with E-state index < -0.39 is 4.33 Å². The maximum Gasteiger partial charge on any atom is 0.181 e. The van der Waals surface area contributed by atoms with Gasteiger partial charge in [-0.1, -0.05) is 42.1 Å². The molecule has 1 saturated carbocycles. The molecule has 0 amide bonds. The van der Waals surface area contributed by atoms with E-state index in [1.54, 1.807) is 18.1 Å². The molecule has 2 aromatic heterocycles. The molecule has 0 saturated heterocycles. The Bertz CT molecular complexity index is 805. The summed E-state index contributed by atoms with van der Waals surface area (Å²) < 4.78 is -0.645. The molecule has 1 aliphatic rings. The van der Waals surface area contributed by atoms with Gasteiger partial charge in [0.2, 0.25) is 0 Å². The van der Waals surface area contributed by atoms with Crippen LogP contribution in [0.4, 0.5) is 0 Å². The minimum atomic E-state index is -0.645. The first-order chi connectivity index (χ1) is 10.6. The SMILES string of the molecule is ClC1(Cl)CC1C(Sc1ncnc2nc[nH]c12)c1ccccc1. The summed E-state index contributed by atoms with van der Waals surface area (Å²) in [5, 5.41) is 1.02. The zero-order valence-electron chi connectivity index (χ0n) is 11.4. The summed E-state index contributed by atoms with van der Waals surface area (Å²) >= 11 is 14.3. The Labute approximate surface area is 141 Å². The summed E-state index contributed by atoms with van der Waals surface area (Å²) in [7, 11) is 0. The van der Waals surface area contributed by atoms with Crippen molar-refractivity contribution >= 4 is 46.1 Å². The molecule has 22 heavy (non-hydrogen) atoms. The number of hydrogen-bond acceptors (Lipinski definition) is 4. The van der Waals surface area contributed by atoms with Crippen molar-refractivity contribution in [2.24, 2.45) is 5.92 Å². The first-order valence-corrected chi connectivity index (χ1v) is 8.52. The Hall–Kier alpha value is -1.30.